The molecule has 0 radical (unpaired) electrons. The molecule has 0 bridgehead atoms. The van der Waals surface area contributed by atoms with E-state index in [-0.39, 0.29) is 6.04 Å². The molecular formula is C15H19N3O3. The number of para-hydroxylation sites is 1. The maximum atomic E-state index is 12.5. The Labute approximate surface area is 121 Å². The van der Waals surface area contributed by atoms with Crippen LogP contribution < -0.4 is 11.4 Å². The van der Waals surface area contributed by atoms with E-state index >= 15 is 0 Å². The highest BCUT2D eigenvalue weighted by Gasteiger charge is 2.24. The number of aliphatic hydroxyl groups is 1. The Morgan fingerprint density at radius 2 is 1.67 bits per heavy atom. The number of hydrogen-bond donors (Lipinski definition) is 1. The summed E-state index contributed by atoms with van der Waals surface area (Å²) in [6, 6.07) is 9.12. The molecule has 1 fully saturated rings. The Morgan fingerprint density at radius 3 is 2.29 bits per heavy atom. The van der Waals surface area contributed by atoms with Gasteiger partial charge in [0.05, 0.1) is 11.7 Å². The van der Waals surface area contributed by atoms with E-state index in [1.54, 1.807) is 12.1 Å². The largest absolute Gasteiger partial charge is 0.376 e. The summed E-state index contributed by atoms with van der Waals surface area (Å²) in [5.74, 6) is 0. The fourth-order valence-corrected chi connectivity index (χ4v) is 3.07. The summed E-state index contributed by atoms with van der Waals surface area (Å²) in [6.07, 6.45) is 5.07. The summed E-state index contributed by atoms with van der Waals surface area (Å²) in [5, 5.41) is 9.32. The Hall–Kier alpha value is -2.08. The standard InChI is InChI=1S/C15H19N3O3/c19-11-16-14(20)17(12-7-3-1-4-8-12)18(15(16)21)13-9-5-2-6-10-13/h1,3-4,7-8,13,19H,2,5-6,9-11H2. The van der Waals surface area contributed by atoms with E-state index < -0.39 is 18.1 Å². The zero-order chi connectivity index (χ0) is 14.8. The van der Waals surface area contributed by atoms with Crippen LogP contribution in [0.1, 0.15) is 38.1 Å². The van der Waals surface area contributed by atoms with Gasteiger partial charge in [-0.1, -0.05) is 37.5 Å². The molecular weight excluding hydrogens is 270 g/mol. The first-order valence-corrected chi connectivity index (χ1v) is 7.34. The number of benzene rings is 1. The van der Waals surface area contributed by atoms with E-state index in [0.29, 0.717) is 5.69 Å². The average molecular weight is 289 g/mol. The molecule has 2 aromatic rings. The van der Waals surface area contributed by atoms with Crippen LogP contribution in [0, 0.1) is 0 Å². The second-order valence-electron chi connectivity index (χ2n) is 5.42. The molecule has 0 saturated heterocycles. The second-order valence-corrected chi connectivity index (χ2v) is 5.42. The first kappa shape index (κ1) is 13.9. The van der Waals surface area contributed by atoms with Crippen molar-refractivity contribution in [2.24, 2.45) is 0 Å². The lowest BCUT2D eigenvalue weighted by atomic mass is 9.96. The molecule has 1 aliphatic carbocycles. The van der Waals surface area contributed by atoms with Gasteiger partial charge in [0.15, 0.2) is 0 Å². The van der Waals surface area contributed by atoms with Crippen LogP contribution in [0.4, 0.5) is 0 Å². The van der Waals surface area contributed by atoms with Crippen LogP contribution in [-0.2, 0) is 6.73 Å². The van der Waals surface area contributed by atoms with Gasteiger partial charge < -0.3 is 5.11 Å². The third kappa shape index (κ3) is 2.35. The summed E-state index contributed by atoms with van der Waals surface area (Å²) < 4.78 is 3.79. The van der Waals surface area contributed by atoms with Gasteiger partial charge in [0.25, 0.3) is 0 Å². The molecule has 0 unspecified atom stereocenters. The summed E-state index contributed by atoms with van der Waals surface area (Å²) in [4.78, 5) is 24.9. The van der Waals surface area contributed by atoms with Gasteiger partial charge in [-0.2, -0.15) is 4.68 Å². The quantitative estimate of drug-likeness (QED) is 0.924. The van der Waals surface area contributed by atoms with Crippen molar-refractivity contribution < 1.29 is 5.11 Å². The molecule has 0 amide bonds. The summed E-state index contributed by atoms with van der Waals surface area (Å²) >= 11 is 0. The molecule has 21 heavy (non-hydrogen) atoms. The van der Waals surface area contributed by atoms with Crippen molar-refractivity contribution in [1.82, 2.24) is 13.9 Å². The first-order valence-electron chi connectivity index (χ1n) is 7.34. The highest BCUT2D eigenvalue weighted by Crippen LogP contribution is 2.27. The van der Waals surface area contributed by atoms with Gasteiger partial charge >= 0.3 is 11.4 Å². The van der Waals surface area contributed by atoms with Gasteiger partial charge in [0.1, 0.15) is 6.73 Å². The number of rotatable bonds is 3. The van der Waals surface area contributed by atoms with Gasteiger partial charge in [-0.3, -0.25) is 0 Å². The third-order valence-electron chi connectivity index (χ3n) is 4.12. The zero-order valence-electron chi connectivity index (χ0n) is 11.8. The lowest BCUT2D eigenvalue weighted by Gasteiger charge is -2.24. The van der Waals surface area contributed by atoms with E-state index in [2.05, 4.69) is 0 Å². The van der Waals surface area contributed by atoms with Gasteiger partial charge in [-0.05, 0) is 25.0 Å². The predicted octanol–water partition coefficient (Wildman–Crippen LogP) is 1.26. The Kier molecular flexibility index (Phi) is 3.79. The minimum Gasteiger partial charge on any atom is -0.376 e. The van der Waals surface area contributed by atoms with Crippen molar-refractivity contribution in [1.29, 1.82) is 0 Å². The Morgan fingerprint density at radius 1 is 1.00 bits per heavy atom. The van der Waals surface area contributed by atoms with Crippen LogP contribution in [0.25, 0.3) is 5.69 Å². The maximum absolute atomic E-state index is 12.5. The van der Waals surface area contributed by atoms with Crippen molar-refractivity contribution in [2.45, 2.75) is 44.9 Å². The second kappa shape index (κ2) is 5.73. The molecule has 6 heteroatoms. The average Bonchev–Trinajstić information content (AvgIpc) is 2.79. The van der Waals surface area contributed by atoms with E-state index in [4.69, 9.17) is 0 Å². The molecule has 1 aliphatic rings. The van der Waals surface area contributed by atoms with Crippen LogP contribution in [0.2, 0.25) is 0 Å². The molecule has 3 rings (SSSR count). The molecule has 6 nitrogen and oxygen atoms in total. The maximum Gasteiger partial charge on any atom is 0.353 e. The number of aromatic nitrogens is 3. The SMILES string of the molecule is O=c1n(CO)c(=O)n(C2CCCCC2)n1-c1ccccc1. The highest BCUT2D eigenvalue weighted by molar-refractivity contribution is 5.29. The van der Waals surface area contributed by atoms with Gasteiger partial charge in [-0.15, -0.1) is 0 Å². The van der Waals surface area contributed by atoms with Crippen molar-refractivity contribution in [3.8, 4) is 5.69 Å². The lowest BCUT2D eigenvalue weighted by molar-refractivity contribution is 0.200. The van der Waals surface area contributed by atoms with E-state index in [9.17, 15) is 14.7 Å². The molecule has 1 aromatic carbocycles. The summed E-state index contributed by atoms with van der Waals surface area (Å²) in [6.45, 7) is -0.593. The third-order valence-corrected chi connectivity index (χ3v) is 4.12. The van der Waals surface area contributed by atoms with Gasteiger partial charge in [-0.25, -0.2) is 18.8 Å². The van der Waals surface area contributed by atoms with Crippen LogP contribution in [0.3, 0.4) is 0 Å². The number of nitrogens with zero attached hydrogens (tertiary/aromatic N) is 3. The normalized spacial score (nSPS) is 16.2. The molecule has 1 heterocycles. The molecule has 0 spiro atoms. The van der Waals surface area contributed by atoms with Crippen LogP contribution >= 0.6 is 0 Å². The summed E-state index contributed by atoms with van der Waals surface area (Å²) in [7, 11) is 0. The van der Waals surface area contributed by atoms with Gasteiger partial charge in [0.2, 0.25) is 0 Å². The fourth-order valence-electron chi connectivity index (χ4n) is 3.07. The van der Waals surface area contributed by atoms with E-state index in [0.717, 1.165) is 30.3 Å². The van der Waals surface area contributed by atoms with Crippen molar-refractivity contribution >= 4 is 0 Å². The molecule has 0 aliphatic heterocycles. The van der Waals surface area contributed by atoms with Crippen LogP contribution in [0.5, 0.6) is 0 Å². The zero-order valence-corrected chi connectivity index (χ0v) is 11.8. The smallest absolute Gasteiger partial charge is 0.353 e. The molecule has 1 saturated carbocycles. The van der Waals surface area contributed by atoms with E-state index in [1.165, 1.54) is 15.8 Å². The monoisotopic (exact) mass is 289 g/mol. The van der Waals surface area contributed by atoms with Gasteiger partial charge in [0, 0.05) is 0 Å². The highest BCUT2D eigenvalue weighted by atomic mass is 16.3. The topological polar surface area (TPSA) is 69.2 Å². The lowest BCUT2D eigenvalue weighted by Crippen LogP contribution is -2.31. The van der Waals surface area contributed by atoms with Crippen LogP contribution in [0.15, 0.2) is 39.9 Å². The van der Waals surface area contributed by atoms with Crippen molar-refractivity contribution in [3.63, 3.8) is 0 Å². The summed E-state index contributed by atoms with van der Waals surface area (Å²) in [5.41, 5.74) is -0.269. The van der Waals surface area contributed by atoms with E-state index in [1.807, 2.05) is 18.2 Å². The molecule has 112 valence electrons. The Bertz CT molecular complexity index is 721. The number of hydrogen-bond acceptors (Lipinski definition) is 3. The predicted molar refractivity (Wildman–Crippen MR) is 78.6 cm³/mol. The van der Waals surface area contributed by atoms with Crippen molar-refractivity contribution in [2.75, 3.05) is 0 Å². The fraction of sp³-hybridized carbons (Fsp3) is 0.467. The first-order chi connectivity index (χ1) is 10.2. The molecule has 0 atom stereocenters. The van der Waals surface area contributed by atoms with Crippen LogP contribution in [-0.4, -0.2) is 19.0 Å². The molecule has 1 aromatic heterocycles. The number of aliphatic hydroxyl groups excluding tert-OH is 1. The minimum atomic E-state index is -0.593. The Balaban J connectivity index is 2.22. The van der Waals surface area contributed by atoms with Crippen molar-refractivity contribution in [3.05, 3.63) is 51.3 Å². The molecule has 1 N–H and O–H groups in total. The minimum absolute atomic E-state index is 0.0203.